The second-order valence-corrected chi connectivity index (χ2v) is 5.36. The number of amides is 1. The van der Waals surface area contributed by atoms with Crippen molar-refractivity contribution in [2.45, 2.75) is 39.6 Å². The molecular weight excluding hydrogens is 196 g/mol. The summed E-state index contributed by atoms with van der Waals surface area (Å²) in [5.74, 6) is 0.0771. The minimum atomic E-state index is -0.322. The standard InChI is InChI=1S/C10H18N2OS/c1-5-7-6-14-9(11-7)12-8(13)10(2,3)4/h6,9,11H,5H2,1-4H3,(H,12,13)/t9-/m1/s1. The van der Waals surface area contributed by atoms with Crippen LogP contribution in [0.2, 0.25) is 0 Å². The van der Waals surface area contributed by atoms with Gasteiger partial charge in [0.2, 0.25) is 5.91 Å². The lowest BCUT2D eigenvalue weighted by atomic mass is 9.96. The number of allylic oxidation sites excluding steroid dienone is 1. The van der Waals surface area contributed by atoms with Crippen LogP contribution in [0.15, 0.2) is 11.1 Å². The van der Waals surface area contributed by atoms with Crippen LogP contribution in [-0.2, 0) is 4.79 Å². The molecule has 0 saturated carbocycles. The molecule has 1 rings (SSSR count). The quantitative estimate of drug-likeness (QED) is 0.739. The molecule has 0 bridgehead atoms. The molecule has 0 unspecified atom stereocenters. The molecule has 0 radical (unpaired) electrons. The summed E-state index contributed by atoms with van der Waals surface area (Å²) in [6.45, 7) is 7.83. The highest BCUT2D eigenvalue weighted by Gasteiger charge is 2.25. The first-order chi connectivity index (χ1) is 6.43. The largest absolute Gasteiger partial charge is 0.359 e. The van der Waals surface area contributed by atoms with Gasteiger partial charge in [0.25, 0.3) is 0 Å². The van der Waals surface area contributed by atoms with Crippen molar-refractivity contribution in [2.24, 2.45) is 5.41 Å². The van der Waals surface area contributed by atoms with Gasteiger partial charge < -0.3 is 10.6 Å². The number of hydrogen-bond donors (Lipinski definition) is 2. The van der Waals surface area contributed by atoms with Gasteiger partial charge in [-0.3, -0.25) is 4.79 Å². The molecule has 0 fully saturated rings. The van der Waals surface area contributed by atoms with Crippen LogP contribution < -0.4 is 10.6 Å². The molecule has 0 aromatic heterocycles. The van der Waals surface area contributed by atoms with Crippen molar-refractivity contribution < 1.29 is 4.79 Å². The Morgan fingerprint density at radius 1 is 1.64 bits per heavy atom. The Kier molecular flexibility index (Phi) is 3.48. The molecule has 4 heteroatoms. The van der Waals surface area contributed by atoms with Gasteiger partial charge >= 0.3 is 0 Å². The molecule has 0 aliphatic carbocycles. The third-order valence-corrected chi connectivity index (χ3v) is 2.92. The van der Waals surface area contributed by atoms with Crippen LogP contribution in [0.25, 0.3) is 0 Å². The Morgan fingerprint density at radius 3 is 2.71 bits per heavy atom. The number of carbonyl (C=O) groups is 1. The summed E-state index contributed by atoms with van der Waals surface area (Å²) in [5, 5.41) is 8.24. The Labute approximate surface area is 89.7 Å². The van der Waals surface area contributed by atoms with Crippen molar-refractivity contribution >= 4 is 17.7 Å². The zero-order valence-electron chi connectivity index (χ0n) is 9.18. The Balaban J connectivity index is 2.39. The summed E-state index contributed by atoms with van der Waals surface area (Å²) in [7, 11) is 0. The molecule has 1 aliphatic heterocycles. The van der Waals surface area contributed by atoms with Crippen LogP contribution in [0.1, 0.15) is 34.1 Å². The molecule has 1 aliphatic rings. The number of rotatable bonds is 2. The van der Waals surface area contributed by atoms with Crippen molar-refractivity contribution in [2.75, 3.05) is 0 Å². The van der Waals surface area contributed by atoms with Crippen molar-refractivity contribution in [1.82, 2.24) is 10.6 Å². The Bertz CT molecular complexity index is 255. The number of nitrogens with one attached hydrogen (secondary N) is 2. The van der Waals surface area contributed by atoms with Gasteiger partial charge in [-0.2, -0.15) is 0 Å². The highest BCUT2D eigenvalue weighted by atomic mass is 32.2. The third kappa shape index (κ3) is 2.94. The van der Waals surface area contributed by atoms with E-state index in [2.05, 4.69) is 23.0 Å². The maximum Gasteiger partial charge on any atom is 0.227 e. The molecule has 2 N–H and O–H groups in total. The van der Waals surface area contributed by atoms with Gasteiger partial charge in [-0.25, -0.2) is 0 Å². The molecule has 80 valence electrons. The van der Waals surface area contributed by atoms with E-state index in [1.165, 1.54) is 5.70 Å². The first-order valence-corrected chi connectivity index (χ1v) is 5.80. The van der Waals surface area contributed by atoms with Gasteiger partial charge in [0.15, 0.2) is 5.50 Å². The third-order valence-electron chi connectivity index (χ3n) is 1.99. The molecule has 1 atom stereocenters. The highest BCUT2D eigenvalue weighted by molar-refractivity contribution is 8.02. The Hall–Kier alpha value is -0.640. The lowest BCUT2D eigenvalue weighted by molar-refractivity contribution is -0.128. The van der Waals surface area contributed by atoms with E-state index in [1.54, 1.807) is 11.8 Å². The summed E-state index contributed by atoms with van der Waals surface area (Å²) in [6, 6.07) is 0. The molecule has 14 heavy (non-hydrogen) atoms. The van der Waals surface area contributed by atoms with E-state index in [4.69, 9.17) is 0 Å². The fraction of sp³-hybridized carbons (Fsp3) is 0.700. The second-order valence-electron chi connectivity index (χ2n) is 4.38. The molecule has 1 amide bonds. The number of hydrogen-bond acceptors (Lipinski definition) is 3. The van der Waals surface area contributed by atoms with E-state index in [9.17, 15) is 4.79 Å². The van der Waals surface area contributed by atoms with E-state index in [0.717, 1.165) is 6.42 Å². The van der Waals surface area contributed by atoms with Crippen LogP contribution in [0, 0.1) is 5.41 Å². The van der Waals surface area contributed by atoms with E-state index in [1.807, 2.05) is 20.8 Å². The second kappa shape index (κ2) is 4.26. The predicted molar refractivity (Wildman–Crippen MR) is 60.5 cm³/mol. The van der Waals surface area contributed by atoms with Gasteiger partial charge in [-0.15, -0.1) is 0 Å². The fourth-order valence-corrected chi connectivity index (χ4v) is 1.91. The van der Waals surface area contributed by atoms with Gasteiger partial charge in [-0.1, -0.05) is 39.5 Å². The fourth-order valence-electron chi connectivity index (χ4n) is 0.978. The van der Waals surface area contributed by atoms with Crippen LogP contribution in [0.3, 0.4) is 0 Å². The average molecular weight is 214 g/mol. The summed E-state index contributed by atoms with van der Waals surface area (Å²) in [5.41, 5.74) is 0.878. The maximum atomic E-state index is 11.6. The van der Waals surface area contributed by atoms with E-state index >= 15 is 0 Å². The molecule has 0 spiro atoms. The van der Waals surface area contributed by atoms with E-state index in [0.29, 0.717) is 0 Å². The summed E-state index contributed by atoms with van der Waals surface area (Å²) in [6.07, 6.45) is 0.981. The van der Waals surface area contributed by atoms with Gasteiger partial charge in [-0.05, 0) is 11.8 Å². The zero-order chi connectivity index (χ0) is 10.8. The number of thioether (sulfide) groups is 1. The van der Waals surface area contributed by atoms with Crippen molar-refractivity contribution in [3.8, 4) is 0 Å². The summed E-state index contributed by atoms with van der Waals surface area (Å²) in [4.78, 5) is 11.6. The van der Waals surface area contributed by atoms with Crippen LogP contribution in [0.4, 0.5) is 0 Å². The van der Waals surface area contributed by atoms with Gasteiger partial charge in [0, 0.05) is 11.1 Å². The first kappa shape index (κ1) is 11.4. The zero-order valence-corrected chi connectivity index (χ0v) is 9.99. The lowest BCUT2D eigenvalue weighted by Crippen LogP contribution is -2.45. The minimum absolute atomic E-state index is 0.0108. The average Bonchev–Trinajstić information content (AvgIpc) is 2.50. The SMILES string of the molecule is CCC1=CS[C@@H](NC(=O)C(C)(C)C)N1. The minimum Gasteiger partial charge on any atom is -0.359 e. The summed E-state index contributed by atoms with van der Waals surface area (Å²) >= 11 is 1.61. The molecule has 0 saturated heterocycles. The lowest BCUT2D eigenvalue weighted by Gasteiger charge is -2.21. The number of carbonyl (C=O) groups excluding carboxylic acids is 1. The van der Waals surface area contributed by atoms with E-state index in [-0.39, 0.29) is 16.8 Å². The van der Waals surface area contributed by atoms with E-state index < -0.39 is 0 Å². The van der Waals surface area contributed by atoms with Crippen LogP contribution in [0.5, 0.6) is 0 Å². The molecule has 0 aromatic carbocycles. The van der Waals surface area contributed by atoms with Crippen molar-refractivity contribution in [3.05, 3.63) is 11.1 Å². The highest BCUT2D eigenvalue weighted by Crippen LogP contribution is 2.22. The maximum absolute atomic E-state index is 11.6. The molecule has 3 nitrogen and oxygen atoms in total. The predicted octanol–water partition coefficient (Wildman–Crippen LogP) is 2.02. The van der Waals surface area contributed by atoms with Crippen LogP contribution in [-0.4, -0.2) is 11.4 Å². The monoisotopic (exact) mass is 214 g/mol. The van der Waals surface area contributed by atoms with Crippen molar-refractivity contribution in [1.29, 1.82) is 0 Å². The normalized spacial score (nSPS) is 21.4. The smallest absolute Gasteiger partial charge is 0.227 e. The molecule has 0 aromatic rings. The molecular formula is C10H18N2OS. The summed E-state index contributed by atoms with van der Waals surface area (Å²) < 4.78 is 0. The Morgan fingerprint density at radius 2 is 2.29 bits per heavy atom. The van der Waals surface area contributed by atoms with Crippen LogP contribution >= 0.6 is 11.8 Å². The van der Waals surface area contributed by atoms with Gasteiger partial charge in [0.05, 0.1) is 0 Å². The molecule has 1 heterocycles. The topological polar surface area (TPSA) is 41.1 Å². The first-order valence-electron chi connectivity index (χ1n) is 4.85. The van der Waals surface area contributed by atoms with Gasteiger partial charge in [0.1, 0.15) is 0 Å². The van der Waals surface area contributed by atoms with Crippen molar-refractivity contribution in [3.63, 3.8) is 0 Å².